The summed E-state index contributed by atoms with van der Waals surface area (Å²) in [6.45, 7) is 11.2. The Labute approximate surface area is 248 Å². The van der Waals surface area contributed by atoms with Crippen molar-refractivity contribution in [3.63, 3.8) is 0 Å². The Morgan fingerprint density at radius 2 is 1.77 bits per heavy atom. The van der Waals surface area contributed by atoms with Crippen molar-refractivity contribution in [1.82, 2.24) is 4.90 Å². The standard InChI is InChI=1S/C31H41Cl2N3O4/c1-4-14-31(2,3)30(38)40-22-36-27-21-24(12-10-23(27)11-13-28(36)37)39-20-6-5-15-34-16-18-35(19-17-34)26-9-7-8-25(32)29(26)33/h7-10,12,21H,4-6,11,13-20,22H2,1-3H3. The molecule has 0 saturated carbocycles. The van der Waals surface area contributed by atoms with Crippen molar-refractivity contribution in [3.8, 4) is 5.75 Å². The highest BCUT2D eigenvalue weighted by Gasteiger charge is 2.31. The quantitative estimate of drug-likeness (QED) is 0.206. The normalized spacial score (nSPS) is 16.2. The SMILES string of the molecule is CCCC(C)(C)C(=O)OCN1C(=O)CCc2ccc(OCCCCN3CCN(c4cccc(Cl)c4Cl)CC3)cc21. The highest BCUT2D eigenvalue weighted by molar-refractivity contribution is 6.43. The van der Waals surface area contributed by atoms with Crippen LogP contribution in [0.25, 0.3) is 0 Å². The zero-order chi connectivity index (χ0) is 28.7. The molecule has 0 atom stereocenters. The highest BCUT2D eigenvalue weighted by atomic mass is 35.5. The average molecular weight is 591 g/mol. The van der Waals surface area contributed by atoms with Gasteiger partial charge in [0.25, 0.3) is 0 Å². The maximum absolute atomic E-state index is 12.7. The van der Waals surface area contributed by atoms with Gasteiger partial charge in [0.05, 0.1) is 33.4 Å². The van der Waals surface area contributed by atoms with E-state index in [4.69, 9.17) is 32.7 Å². The summed E-state index contributed by atoms with van der Waals surface area (Å²) in [7, 11) is 0. The topological polar surface area (TPSA) is 62.3 Å². The molecular formula is C31H41Cl2N3O4. The maximum Gasteiger partial charge on any atom is 0.313 e. The number of hydrogen-bond acceptors (Lipinski definition) is 6. The van der Waals surface area contributed by atoms with Crippen LogP contribution in [0.4, 0.5) is 11.4 Å². The molecule has 7 nitrogen and oxygen atoms in total. The minimum absolute atomic E-state index is 0.0384. The van der Waals surface area contributed by atoms with Gasteiger partial charge in [-0.05, 0) is 69.8 Å². The Hall–Kier alpha value is -2.48. The number of aryl methyl sites for hydroxylation is 1. The molecule has 0 aliphatic carbocycles. The second-order valence-electron chi connectivity index (χ2n) is 11.3. The lowest BCUT2D eigenvalue weighted by molar-refractivity contribution is -0.154. The lowest BCUT2D eigenvalue weighted by Gasteiger charge is -2.36. The van der Waals surface area contributed by atoms with Gasteiger partial charge in [0.1, 0.15) is 5.75 Å². The minimum Gasteiger partial charge on any atom is -0.494 e. The molecule has 1 fully saturated rings. The fourth-order valence-corrected chi connectivity index (χ4v) is 5.79. The summed E-state index contributed by atoms with van der Waals surface area (Å²) in [5.41, 5.74) is 2.27. The van der Waals surface area contributed by atoms with Crippen molar-refractivity contribution in [2.24, 2.45) is 5.41 Å². The van der Waals surface area contributed by atoms with Gasteiger partial charge in [-0.15, -0.1) is 0 Å². The van der Waals surface area contributed by atoms with Gasteiger partial charge < -0.3 is 14.4 Å². The molecule has 0 N–H and O–H groups in total. The van der Waals surface area contributed by atoms with Crippen LogP contribution in [0.5, 0.6) is 5.75 Å². The molecule has 2 aromatic carbocycles. The number of benzene rings is 2. The lowest BCUT2D eigenvalue weighted by atomic mass is 9.88. The largest absolute Gasteiger partial charge is 0.494 e. The fraction of sp³-hybridized carbons (Fsp3) is 0.548. The Morgan fingerprint density at radius 1 is 1.00 bits per heavy atom. The molecule has 0 bridgehead atoms. The molecule has 218 valence electrons. The predicted molar refractivity (Wildman–Crippen MR) is 162 cm³/mol. The smallest absolute Gasteiger partial charge is 0.313 e. The zero-order valence-electron chi connectivity index (χ0n) is 23.9. The van der Waals surface area contributed by atoms with E-state index in [1.54, 1.807) is 4.90 Å². The van der Waals surface area contributed by atoms with Crippen LogP contribution in [-0.4, -0.2) is 62.8 Å². The summed E-state index contributed by atoms with van der Waals surface area (Å²) in [4.78, 5) is 31.7. The van der Waals surface area contributed by atoms with E-state index in [2.05, 4.69) is 9.80 Å². The molecule has 1 amide bonds. The molecule has 2 aromatic rings. The molecule has 2 aliphatic rings. The first-order chi connectivity index (χ1) is 19.2. The van der Waals surface area contributed by atoms with E-state index in [-0.39, 0.29) is 18.6 Å². The summed E-state index contributed by atoms with van der Waals surface area (Å²) in [5.74, 6) is 0.405. The molecule has 2 aliphatic heterocycles. The van der Waals surface area contributed by atoms with Gasteiger partial charge in [0.2, 0.25) is 5.91 Å². The number of ether oxygens (including phenoxy) is 2. The van der Waals surface area contributed by atoms with E-state index < -0.39 is 5.41 Å². The van der Waals surface area contributed by atoms with Gasteiger partial charge in [-0.3, -0.25) is 19.4 Å². The molecule has 4 rings (SSSR count). The van der Waals surface area contributed by atoms with Crippen molar-refractivity contribution in [1.29, 1.82) is 0 Å². The van der Waals surface area contributed by atoms with Gasteiger partial charge in [-0.2, -0.15) is 0 Å². The van der Waals surface area contributed by atoms with Crippen molar-refractivity contribution >= 4 is 46.5 Å². The van der Waals surface area contributed by atoms with Crippen molar-refractivity contribution in [2.75, 3.05) is 55.9 Å². The zero-order valence-corrected chi connectivity index (χ0v) is 25.4. The lowest BCUT2D eigenvalue weighted by Crippen LogP contribution is -2.46. The number of amides is 1. The summed E-state index contributed by atoms with van der Waals surface area (Å²) in [6.07, 6.45) is 4.69. The maximum atomic E-state index is 12.7. The van der Waals surface area contributed by atoms with Crippen molar-refractivity contribution in [2.45, 2.75) is 59.3 Å². The Morgan fingerprint density at radius 3 is 2.52 bits per heavy atom. The van der Waals surface area contributed by atoms with Gasteiger partial charge in [-0.1, -0.05) is 48.7 Å². The number of hydrogen-bond donors (Lipinski definition) is 0. The van der Waals surface area contributed by atoms with Crippen LogP contribution in [0.15, 0.2) is 36.4 Å². The number of piperazine rings is 1. The van der Waals surface area contributed by atoms with Crippen LogP contribution < -0.4 is 14.5 Å². The second-order valence-corrected chi connectivity index (χ2v) is 12.0. The third-order valence-electron chi connectivity index (χ3n) is 7.79. The summed E-state index contributed by atoms with van der Waals surface area (Å²) >= 11 is 12.6. The minimum atomic E-state index is -0.571. The molecule has 0 radical (unpaired) electrons. The van der Waals surface area contributed by atoms with Crippen LogP contribution in [0.2, 0.25) is 10.0 Å². The molecule has 0 unspecified atom stereocenters. The average Bonchev–Trinajstić information content (AvgIpc) is 2.94. The van der Waals surface area contributed by atoms with Gasteiger partial charge in [0.15, 0.2) is 6.73 Å². The third kappa shape index (κ3) is 7.62. The number of esters is 1. The van der Waals surface area contributed by atoms with E-state index in [1.165, 1.54) is 0 Å². The molecule has 40 heavy (non-hydrogen) atoms. The number of carbonyl (C=O) groups excluding carboxylic acids is 2. The number of fused-ring (bicyclic) bond motifs is 1. The van der Waals surface area contributed by atoms with E-state index >= 15 is 0 Å². The first-order valence-corrected chi connectivity index (χ1v) is 15.1. The van der Waals surface area contributed by atoms with E-state index in [0.29, 0.717) is 29.5 Å². The van der Waals surface area contributed by atoms with E-state index in [0.717, 1.165) is 81.1 Å². The second kappa shape index (κ2) is 13.9. The van der Waals surface area contributed by atoms with Crippen molar-refractivity contribution < 1.29 is 19.1 Å². The number of halogens is 2. The molecule has 1 saturated heterocycles. The Kier molecular flexibility index (Phi) is 10.6. The molecule has 2 heterocycles. The van der Waals surface area contributed by atoms with Crippen molar-refractivity contribution in [3.05, 3.63) is 52.0 Å². The van der Waals surface area contributed by atoms with Crippen LogP contribution >= 0.6 is 23.2 Å². The highest BCUT2D eigenvalue weighted by Crippen LogP contribution is 2.34. The first-order valence-electron chi connectivity index (χ1n) is 14.3. The number of anilines is 2. The summed E-state index contributed by atoms with van der Waals surface area (Å²) in [6, 6.07) is 11.7. The van der Waals surface area contributed by atoms with Gasteiger partial charge in [-0.25, -0.2) is 0 Å². The molecule has 0 spiro atoms. The number of rotatable bonds is 12. The molecule has 9 heteroatoms. The number of unbranched alkanes of at least 4 members (excludes halogenated alkanes) is 1. The van der Waals surface area contributed by atoms with Gasteiger partial charge in [0, 0.05) is 38.7 Å². The van der Waals surface area contributed by atoms with Gasteiger partial charge >= 0.3 is 5.97 Å². The van der Waals surface area contributed by atoms with Crippen LogP contribution in [-0.2, 0) is 20.7 Å². The third-order valence-corrected chi connectivity index (χ3v) is 8.60. The fourth-order valence-electron chi connectivity index (χ4n) is 5.37. The molecule has 0 aromatic heterocycles. The Balaban J connectivity index is 1.22. The summed E-state index contributed by atoms with van der Waals surface area (Å²) < 4.78 is 11.6. The monoisotopic (exact) mass is 589 g/mol. The number of nitrogens with zero attached hydrogens (tertiary/aromatic N) is 3. The first kappa shape index (κ1) is 30.5. The predicted octanol–water partition coefficient (Wildman–Crippen LogP) is 6.58. The Bertz CT molecular complexity index is 1180. The van der Waals surface area contributed by atoms with Crippen LogP contribution in [0, 0.1) is 5.41 Å². The van der Waals surface area contributed by atoms with E-state index in [9.17, 15) is 9.59 Å². The summed E-state index contributed by atoms with van der Waals surface area (Å²) in [5, 5.41) is 1.22. The van der Waals surface area contributed by atoms with E-state index in [1.807, 2.05) is 57.2 Å². The van der Waals surface area contributed by atoms with Crippen LogP contribution in [0.3, 0.4) is 0 Å². The van der Waals surface area contributed by atoms with Crippen LogP contribution in [0.1, 0.15) is 58.4 Å². The molecular weight excluding hydrogens is 549 g/mol. The number of carbonyl (C=O) groups is 2.